The van der Waals surface area contributed by atoms with Crippen LogP contribution in [0, 0.1) is 21.4 Å². The van der Waals surface area contributed by atoms with Crippen LogP contribution in [-0.4, -0.2) is 20.6 Å². The van der Waals surface area contributed by atoms with Crippen LogP contribution < -0.4 is 10.9 Å². The molecule has 138 valence electrons. The highest BCUT2D eigenvalue weighted by Crippen LogP contribution is 2.21. The monoisotopic (exact) mass is 375 g/mol. The highest BCUT2D eigenvalue weighted by Gasteiger charge is 2.14. The third-order valence-electron chi connectivity index (χ3n) is 3.84. The Morgan fingerprint density at radius 1 is 1.18 bits per heavy atom. The molecule has 0 spiro atoms. The molecule has 0 saturated carbocycles. The average Bonchev–Trinajstić information content (AvgIpc) is 2.70. The van der Waals surface area contributed by atoms with Gasteiger partial charge in [0.05, 0.1) is 21.9 Å². The lowest BCUT2D eigenvalue weighted by Crippen LogP contribution is -2.29. The zero-order chi connectivity index (χ0) is 20.1. The zero-order valence-corrected chi connectivity index (χ0v) is 14.4. The minimum atomic E-state index is -0.634. The maximum atomic E-state index is 12.3. The standard InChI is InChI=1S/C19H13N5O4/c20-11-14-10-15(24(27)28)6-7-16(14)21-18(25)12-23-19(26)9-8-17(22-23)13-4-2-1-3-5-13/h1-10H,12H2,(H,21,25). The summed E-state index contributed by atoms with van der Waals surface area (Å²) in [5.74, 6) is -0.592. The third kappa shape index (κ3) is 4.08. The Morgan fingerprint density at radius 3 is 2.61 bits per heavy atom. The third-order valence-corrected chi connectivity index (χ3v) is 3.84. The maximum absolute atomic E-state index is 12.3. The number of nitro groups is 1. The minimum Gasteiger partial charge on any atom is -0.323 e. The first-order valence-corrected chi connectivity index (χ1v) is 8.10. The number of aromatic nitrogens is 2. The fourth-order valence-electron chi connectivity index (χ4n) is 2.50. The lowest BCUT2D eigenvalue weighted by atomic mass is 10.1. The van der Waals surface area contributed by atoms with Crippen molar-refractivity contribution in [2.45, 2.75) is 6.54 Å². The molecular formula is C19H13N5O4. The van der Waals surface area contributed by atoms with E-state index < -0.39 is 16.4 Å². The van der Waals surface area contributed by atoms with E-state index in [1.54, 1.807) is 12.1 Å². The van der Waals surface area contributed by atoms with Crippen LogP contribution in [0.3, 0.4) is 0 Å². The van der Waals surface area contributed by atoms with Crippen LogP contribution >= 0.6 is 0 Å². The van der Waals surface area contributed by atoms with Crippen LogP contribution in [0.25, 0.3) is 11.3 Å². The van der Waals surface area contributed by atoms with Crippen molar-refractivity contribution in [2.24, 2.45) is 0 Å². The van der Waals surface area contributed by atoms with E-state index in [9.17, 15) is 19.7 Å². The first kappa shape index (κ1) is 18.5. The molecule has 0 bridgehead atoms. The number of anilines is 1. The fourth-order valence-corrected chi connectivity index (χ4v) is 2.50. The van der Waals surface area contributed by atoms with Gasteiger partial charge in [0.2, 0.25) is 5.91 Å². The highest BCUT2D eigenvalue weighted by molar-refractivity contribution is 5.92. The number of non-ortho nitro benzene ring substituents is 1. The maximum Gasteiger partial charge on any atom is 0.270 e. The number of benzene rings is 2. The second kappa shape index (κ2) is 7.92. The molecule has 0 atom stereocenters. The molecule has 0 saturated heterocycles. The predicted molar refractivity (Wildman–Crippen MR) is 100 cm³/mol. The smallest absolute Gasteiger partial charge is 0.270 e. The first-order chi connectivity index (χ1) is 13.5. The number of carbonyl (C=O) groups excluding carboxylic acids is 1. The first-order valence-electron chi connectivity index (χ1n) is 8.10. The second-order valence-corrected chi connectivity index (χ2v) is 5.73. The molecule has 0 aliphatic heterocycles. The van der Waals surface area contributed by atoms with E-state index in [2.05, 4.69) is 10.4 Å². The number of nitriles is 1. The lowest BCUT2D eigenvalue weighted by Gasteiger charge is -2.09. The number of nitro benzene ring substituents is 1. The molecule has 0 unspecified atom stereocenters. The SMILES string of the molecule is N#Cc1cc([N+](=O)[O-])ccc1NC(=O)Cn1nc(-c2ccccc2)ccc1=O. The molecule has 1 amide bonds. The fraction of sp³-hybridized carbons (Fsp3) is 0.0526. The van der Waals surface area contributed by atoms with Crippen LogP contribution in [0.15, 0.2) is 65.5 Å². The molecule has 28 heavy (non-hydrogen) atoms. The van der Waals surface area contributed by atoms with Crippen molar-refractivity contribution in [3.05, 3.63) is 86.7 Å². The van der Waals surface area contributed by atoms with E-state index in [4.69, 9.17) is 5.26 Å². The molecule has 0 aliphatic rings. The van der Waals surface area contributed by atoms with Crippen LogP contribution in [0.4, 0.5) is 11.4 Å². The van der Waals surface area contributed by atoms with Gasteiger partial charge in [0.25, 0.3) is 11.2 Å². The van der Waals surface area contributed by atoms with Crippen LogP contribution in [0.2, 0.25) is 0 Å². The number of hydrogen-bond acceptors (Lipinski definition) is 6. The van der Waals surface area contributed by atoms with Gasteiger partial charge < -0.3 is 5.32 Å². The Labute approximate surface area is 158 Å². The summed E-state index contributed by atoms with van der Waals surface area (Å²) in [4.78, 5) is 34.5. The Kier molecular flexibility index (Phi) is 5.23. The van der Waals surface area contributed by atoms with E-state index in [-0.39, 0.29) is 23.5 Å². The Hall–Kier alpha value is -4.32. The molecule has 9 nitrogen and oxygen atoms in total. The number of nitrogens with one attached hydrogen (secondary N) is 1. The summed E-state index contributed by atoms with van der Waals surface area (Å²) in [5.41, 5.74) is 0.660. The summed E-state index contributed by atoms with van der Waals surface area (Å²) in [7, 11) is 0. The molecule has 1 aromatic heterocycles. The number of rotatable bonds is 5. The van der Waals surface area contributed by atoms with Crippen LogP contribution in [0.5, 0.6) is 0 Å². The van der Waals surface area contributed by atoms with Crippen LogP contribution in [-0.2, 0) is 11.3 Å². The quantitative estimate of drug-likeness (QED) is 0.538. The van der Waals surface area contributed by atoms with Gasteiger partial charge in [-0.3, -0.25) is 19.7 Å². The van der Waals surface area contributed by atoms with Gasteiger partial charge in [-0.2, -0.15) is 10.4 Å². The molecule has 9 heteroatoms. The van der Waals surface area contributed by atoms with Crippen molar-refractivity contribution in [1.29, 1.82) is 5.26 Å². The number of hydrogen-bond donors (Lipinski definition) is 1. The van der Waals surface area contributed by atoms with Gasteiger partial charge in [-0.15, -0.1) is 0 Å². The van der Waals surface area contributed by atoms with Gasteiger partial charge in [-0.05, 0) is 12.1 Å². The Balaban J connectivity index is 1.82. The Bertz CT molecular complexity index is 1150. The summed E-state index contributed by atoms with van der Waals surface area (Å²) in [6.07, 6.45) is 0. The molecule has 0 fully saturated rings. The largest absolute Gasteiger partial charge is 0.323 e. The average molecular weight is 375 g/mol. The van der Waals surface area contributed by atoms with E-state index in [0.717, 1.165) is 16.3 Å². The van der Waals surface area contributed by atoms with Crippen molar-refractivity contribution in [3.8, 4) is 17.3 Å². The summed E-state index contributed by atoms with van der Waals surface area (Å²) < 4.78 is 1.01. The number of nitrogens with zero attached hydrogens (tertiary/aromatic N) is 4. The molecule has 3 aromatic rings. The van der Waals surface area contributed by atoms with Gasteiger partial charge in [0.15, 0.2) is 0 Å². The molecule has 1 heterocycles. The van der Waals surface area contributed by atoms with Gasteiger partial charge in [0.1, 0.15) is 12.6 Å². The van der Waals surface area contributed by atoms with E-state index >= 15 is 0 Å². The van der Waals surface area contributed by atoms with Gasteiger partial charge in [-0.1, -0.05) is 30.3 Å². The summed E-state index contributed by atoms with van der Waals surface area (Å²) in [6.45, 7) is -0.374. The van der Waals surface area contributed by atoms with Crippen molar-refractivity contribution < 1.29 is 9.72 Å². The summed E-state index contributed by atoms with van der Waals surface area (Å²) in [5, 5.41) is 26.6. The normalized spacial score (nSPS) is 10.1. The van der Waals surface area contributed by atoms with E-state index in [0.29, 0.717) is 5.69 Å². The van der Waals surface area contributed by atoms with E-state index in [1.165, 1.54) is 18.2 Å². The van der Waals surface area contributed by atoms with E-state index in [1.807, 2.05) is 30.3 Å². The molecule has 0 radical (unpaired) electrons. The topological polar surface area (TPSA) is 131 Å². The van der Waals surface area contributed by atoms with Gasteiger partial charge in [-0.25, -0.2) is 4.68 Å². The Morgan fingerprint density at radius 2 is 1.93 bits per heavy atom. The lowest BCUT2D eigenvalue weighted by molar-refractivity contribution is -0.384. The molecule has 2 aromatic carbocycles. The summed E-state index contributed by atoms with van der Waals surface area (Å²) >= 11 is 0. The number of carbonyl (C=O) groups is 1. The zero-order valence-electron chi connectivity index (χ0n) is 14.4. The molecular weight excluding hydrogens is 362 g/mol. The molecule has 1 N–H and O–H groups in total. The highest BCUT2D eigenvalue weighted by atomic mass is 16.6. The van der Waals surface area contributed by atoms with Gasteiger partial charge >= 0.3 is 0 Å². The van der Waals surface area contributed by atoms with Crippen molar-refractivity contribution in [2.75, 3.05) is 5.32 Å². The summed E-state index contributed by atoms with van der Waals surface area (Å²) in [6, 6.07) is 17.4. The van der Waals surface area contributed by atoms with Gasteiger partial charge in [0, 0.05) is 23.8 Å². The second-order valence-electron chi connectivity index (χ2n) is 5.73. The predicted octanol–water partition coefficient (Wildman–Crippen LogP) is 2.33. The minimum absolute atomic E-state index is 0.0547. The molecule has 0 aliphatic carbocycles. The number of amides is 1. The van der Waals surface area contributed by atoms with Crippen molar-refractivity contribution in [3.63, 3.8) is 0 Å². The molecule has 3 rings (SSSR count). The van der Waals surface area contributed by atoms with Crippen molar-refractivity contribution in [1.82, 2.24) is 9.78 Å². The van der Waals surface area contributed by atoms with Crippen molar-refractivity contribution >= 4 is 17.3 Å². The van der Waals surface area contributed by atoms with Crippen LogP contribution in [0.1, 0.15) is 5.56 Å².